The highest BCUT2D eigenvalue weighted by Gasteiger charge is 2.48. The van der Waals surface area contributed by atoms with Crippen LogP contribution in [0.4, 0.5) is 22.0 Å². The first-order chi connectivity index (χ1) is 15.0. The Morgan fingerprint density at radius 3 is 1.97 bits per heavy atom. The first kappa shape index (κ1) is 27.6. The van der Waals surface area contributed by atoms with Crippen molar-refractivity contribution < 1.29 is 41.1 Å². The zero-order chi connectivity index (χ0) is 25.2. The number of rotatable bonds is 9. The molecule has 2 aliphatic carbocycles. The smallest absolute Gasteiger partial charge is 0.299 e. The maximum absolute atomic E-state index is 15.1. The van der Waals surface area contributed by atoms with Crippen molar-refractivity contribution in [1.82, 2.24) is 0 Å². The summed E-state index contributed by atoms with van der Waals surface area (Å²) in [5.41, 5.74) is -4.60. The summed E-state index contributed by atoms with van der Waals surface area (Å²) in [5, 5.41) is 0. The van der Waals surface area contributed by atoms with Crippen molar-refractivity contribution in [2.75, 3.05) is 0 Å². The maximum atomic E-state index is 15.1. The van der Waals surface area contributed by atoms with Gasteiger partial charge in [0.2, 0.25) is 5.78 Å². The van der Waals surface area contributed by atoms with Gasteiger partial charge < -0.3 is 0 Å². The molecule has 3 unspecified atom stereocenters. The van der Waals surface area contributed by atoms with Gasteiger partial charge in [-0.05, 0) is 62.7 Å². The monoisotopic (exact) mass is 480 g/mol. The summed E-state index contributed by atoms with van der Waals surface area (Å²) in [7, 11) is 0. The molecule has 0 bridgehead atoms. The summed E-state index contributed by atoms with van der Waals surface area (Å²) < 4.78 is 67.5. The second-order valence-corrected chi connectivity index (χ2v) is 10.8. The Morgan fingerprint density at radius 2 is 1.42 bits per heavy atom. The number of carbonyl (C=O) groups excluding carboxylic acids is 4. The Balaban J connectivity index is 1.91. The van der Waals surface area contributed by atoms with Crippen LogP contribution in [0.1, 0.15) is 91.4 Å². The van der Waals surface area contributed by atoms with Gasteiger partial charge in [0, 0.05) is 5.92 Å². The molecule has 2 fully saturated rings. The van der Waals surface area contributed by atoms with Crippen LogP contribution in [0.25, 0.3) is 0 Å². The molecule has 2 aliphatic rings. The van der Waals surface area contributed by atoms with E-state index in [1.807, 2.05) is 13.8 Å². The van der Waals surface area contributed by atoms with E-state index in [1.165, 1.54) is 0 Å². The fraction of sp³-hybridized carbons (Fsp3) is 0.833. The first-order valence-corrected chi connectivity index (χ1v) is 11.5. The second-order valence-electron chi connectivity index (χ2n) is 10.8. The third kappa shape index (κ3) is 7.15. The number of ketones is 4. The van der Waals surface area contributed by atoms with Crippen LogP contribution in [0.2, 0.25) is 0 Å². The lowest BCUT2D eigenvalue weighted by molar-refractivity contribution is -0.173. The molecule has 0 saturated heterocycles. The fourth-order valence-electron chi connectivity index (χ4n) is 4.92. The van der Waals surface area contributed by atoms with Crippen molar-refractivity contribution in [2.24, 2.45) is 17.3 Å². The summed E-state index contributed by atoms with van der Waals surface area (Å²) in [6, 6.07) is 0. The van der Waals surface area contributed by atoms with Crippen LogP contribution in [0, 0.1) is 17.3 Å². The lowest BCUT2D eigenvalue weighted by Gasteiger charge is -2.37. The van der Waals surface area contributed by atoms with Gasteiger partial charge in [0.05, 0.1) is 12.8 Å². The van der Waals surface area contributed by atoms with Crippen LogP contribution in [0.5, 0.6) is 0 Å². The van der Waals surface area contributed by atoms with Crippen LogP contribution >= 0.6 is 0 Å². The molecule has 0 radical (unpaired) electrons. The number of hydrogen-bond acceptors (Lipinski definition) is 4. The van der Waals surface area contributed by atoms with E-state index in [2.05, 4.69) is 0 Å². The van der Waals surface area contributed by atoms with Crippen molar-refractivity contribution in [2.45, 2.75) is 109 Å². The molecule has 0 N–H and O–H groups in total. The standard InChI is InChI=1S/C24H33F5O4/c1-15(17(30)12-18(31)22(25)9-7-21(2,3)8-10-22)11-16-5-4-6-23(26,14-16)19(32)13-20(33)24(27,28)29/h15-16H,4-14H2,1-3H3. The highest BCUT2D eigenvalue weighted by molar-refractivity contribution is 6.05. The fourth-order valence-corrected chi connectivity index (χ4v) is 4.92. The van der Waals surface area contributed by atoms with Crippen molar-refractivity contribution in [1.29, 1.82) is 0 Å². The Morgan fingerprint density at radius 1 is 0.879 bits per heavy atom. The molecule has 9 heteroatoms. The molecular weight excluding hydrogens is 447 g/mol. The van der Waals surface area contributed by atoms with E-state index < -0.39 is 65.3 Å². The molecule has 0 amide bonds. The molecule has 2 saturated carbocycles. The Labute approximate surface area is 191 Å². The zero-order valence-electron chi connectivity index (χ0n) is 19.5. The molecule has 4 nitrogen and oxygen atoms in total. The summed E-state index contributed by atoms with van der Waals surface area (Å²) in [5.74, 6) is -6.01. The van der Waals surface area contributed by atoms with Crippen molar-refractivity contribution in [3.63, 3.8) is 0 Å². The number of alkyl halides is 5. The molecule has 188 valence electrons. The Bertz CT molecular complexity index is 778. The second kappa shape index (κ2) is 9.90. The summed E-state index contributed by atoms with van der Waals surface area (Å²) in [6.45, 7) is 5.56. The molecular formula is C24H33F5O4. The minimum absolute atomic E-state index is 0.0465. The lowest BCUT2D eigenvalue weighted by Crippen LogP contribution is -2.42. The van der Waals surface area contributed by atoms with Gasteiger partial charge in [-0.2, -0.15) is 13.2 Å². The van der Waals surface area contributed by atoms with Crippen LogP contribution in [-0.4, -0.2) is 40.6 Å². The van der Waals surface area contributed by atoms with Gasteiger partial charge in [-0.1, -0.05) is 27.2 Å². The molecule has 3 atom stereocenters. The average Bonchev–Trinajstić information content (AvgIpc) is 2.69. The van der Waals surface area contributed by atoms with E-state index in [9.17, 15) is 32.3 Å². The SMILES string of the molecule is CC(CC1CCCC(F)(C(=O)CC(=O)C(F)(F)F)C1)C(=O)CC(=O)C1(F)CCC(C)(C)CC1. The number of halogens is 5. The van der Waals surface area contributed by atoms with Crippen LogP contribution < -0.4 is 0 Å². The predicted octanol–water partition coefficient (Wildman–Crippen LogP) is 5.84. The third-order valence-electron chi connectivity index (χ3n) is 7.40. The molecule has 0 aromatic heterocycles. The quantitative estimate of drug-likeness (QED) is 0.307. The van der Waals surface area contributed by atoms with Crippen molar-refractivity contribution in [3.05, 3.63) is 0 Å². The van der Waals surface area contributed by atoms with Crippen LogP contribution in [0.3, 0.4) is 0 Å². The highest BCUT2D eigenvalue weighted by atomic mass is 19.4. The molecule has 0 aliphatic heterocycles. The maximum Gasteiger partial charge on any atom is 0.450 e. The number of hydrogen-bond donors (Lipinski definition) is 0. The molecule has 0 spiro atoms. The number of Topliss-reactive ketones (excluding diaryl/α,β-unsaturated/α-hetero) is 4. The van der Waals surface area contributed by atoms with Gasteiger partial charge in [0.25, 0.3) is 0 Å². The van der Waals surface area contributed by atoms with Gasteiger partial charge in [-0.3, -0.25) is 19.2 Å². The largest absolute Gasteiger partial charge is 0.450 e. The third-order valence-corrected chi connectivity index (χ3v) is 7.40. The molecule has 2 rings (SSSR count). The van der Waals surface area contributed by atoms with E-state index >= 15 is 8.78 Å². The molecule has 0 aromatic carbocycles. The minimum atomic E-state index is -5.20. The minimum Gasteiger partial charge on any atom is -0.299 e. The summed E-state index contributed by atoms with van der Waals surface area (Å²) >= 11 is 0. The van der Waals surface area contributed by atoms with Crippen LogP contribution in [0.15, 0.2) is 0 Å². The molecule has 33 heavy (non-hydrogen) atoms. The van der Waals surface area contributed by atoms with Gasteiger partial charge >= 0.3 is 6.18 Å². The van der Waals surface area contributed by atoms with E-state index in [0.29, 0.717) is 19.3 Å². The summed E-state index contributed by atoms with van der Waals surface area (Å²) in [6.07, 6.45) is -5.83. The van der Waals surface area contributed by atoms with Gasteiger partial charge in [0.1, 0.15) is 5.78 Å². The van der Waals surface area contributed by atoms with Crippen molar-refractivity contribution in [3.8, 4) is 0 Å². The predicted molar refractivity (Wildman–Crippen MR) is 111 cm³/mol. The van der Waals surface area contributed by atoms with E-state index in [4.69, 9.17) is 0 Å². The lowest BCUT2D eigenvalue weighted by atomic mass is 9.69. The summed E-state index contributed by atoms with van der Waals surface area (Å²) in [4.78, 5) is 48.2. The van der Waals surface area contributed by atoms with E-state index in [-0.39, 0.29) is 43.9 Å². The average molecular weight is 481 g/mol. The first-order valence-electron chi connectivity index (χ1n) is 11.5. The van der Waals surface area contributed by atoms with E-state index in [0.717, 1.165) is 0 Å². The normalized spacial score (nSPS) is 28.1. The van der Waals surface area contributed by atoms with Gasteiger partial charge in [-0.15, -0.1) is 0 Å². The number of carbonyl (C=O) groups is 4. The van der Waals surface area contributed by atoms with Crippen LogP contribution in [-0.2, 0) is 19.2 Å². The zero-order valence-corrected chi connectivity index (χ0v) is 19.5. The molecule has 0 aromatic rings. The van der Waals surface area contributed by atoms with E-state index in [1.54, 1.807) is 6.92 Å². The Hall–Kier alpha value is -1.67. The van der Waals surface area contributed by atoms with Gasteiger partial charge in [0.15, 0.2) is 22.9 Å². The topological polar surface area (TPSA) is 68.3 Å². The van der Waals surface area contributed by atoms with Gasteiger partial charge in [-0.25, -0.2) is 8.78 Å². The molecule has 0 heterocycles. The Kier molecular flexibility index (Phi) is 8.27. The van der Waals surface area contributed by atoms with Crippen molar-refractivity contribution >= 4 is 23.1 Å². The highest BCUT2D eigenvalue weighted by Crippen LogP contribution is 2.44.